The number of esters is 1. The molecule has 0 aliphatic rings. The number of carbonyl (C=O) groups is 1. The van der Waals surface area contributed by atoms with Crippen LogP contribution < -0.4 is 0 Å². The largest absolute Gasteiger partial charge is 0.459 e. The number of nitrogens with one attached hydrogen (secondary N) is 2. The summed E-state index contributed by atoms with van der Waals surface area (Å²) in [7, 11) is 0. The summed E-state index contributed by atoms with van der Waals surface area (Å²) in [6.45, 7) is 3.52. The van der Waals surface area contributed by atoms with Crippen molar-refractivity contribution in [2.45, 2.75) is 18.9 Å². The zero-order valence-electron chi connectivity index (χ0n) is 14.7. The summed E-state index contributed by atoms with van der Waals surface area (Å²) in [5.74, 6) is -0.430. The molecule has 8 heteroatoms. The van der Waals surface area contributed by atoms with Crippen molar-refractivity contribution in [3.63, 3.8) is 0 Å². The Balaban J connectivity index is 1.70. The molecule has 0 fully saturated rings. The number of carbonyl (C=O) groups excluding carboxylic acids is 1. The van der Waals surface area contributed by atoms with Crippen LogP contribution in [0.5, 0.6) is 0 Å². The van der Waals surface area contributed by atoms with Gasteiger partial charge in [0.2, 0.25) is 0 Å². The zero-order valence-corrected chi connectivity index (χ0v) is 18.0. The molecule has 0 atom stereocenters. The minimum atomic E-state index is -0.430. The van der Waals surface area contributed by atoms with Crippen LogP contribution in [0.1, 0.15) is 11.1 Å². The molecule has 2 N–H and O–H groups in total. The fourth-order valence-electron chi connectivity index (χ4n) is 3.26. The van der Waals surface area contributed by atoms with Gasteiger partial charge in [-0.2, -0.15) is 0 Å². The van der Waals surface area contributed by atoms with E-state index in [2.05, 4.69) is 16.5 Å². The van der Waals surface area contributed by atoms with Gasteiger partial charge in [-0.1, -0.05) is 30.8 Å². The summed E-state index contributed by atoms with van der Waals surface area (Å²) < 4.78 is 9.35. The quantitative estimate of drug-likeness (QED) is 0.214. The predicted molar refractivity (Wildman–Crippen MR) is 122 cm³/mol. The Hall–Kier alpha value is -2.13. The molecule has 2 aromatic heterocycles. The first-order valence-electron chi connectivity index (χ1n) is 8.58. The SMILES string of the molecule is C=CC(=O)OC(Cc1cccc2sc(=S)[nH]c12)Cc1cccc2sc(=S)[nH]c12. The highest BCUT2D eigenvalue weighted by molar-refractivity contribution is 7.74. The molecule has 142 valence electrons. The highest BCUT2D eigenvalue weighted by atomic mass is 32.2. The van der Waals surface area contributed by atoms with Gasteiger partial charge in [0.15, 0.2) is 7.91 Å². The van der Waals surface area contributed by atoms with Gasteiger partial charge < -0.3 is 14.7 Å². The van der Waals surface area contributed by atoms with Gasteiger partial charge in [0.25, 0.3) is 0 Å². The molecular weight excluding hydrogens is 429 g/mol. The van der Waals surface area contributed by atoms with E-state index in [0.717, 1.165) is 39.5 Å². The van der Waals surface area contributed by atoms with E-state index in [0.29, 0.717) is 12.8 Å². The first kappa shape index (κ1) is 19.2. The van der Waals surface area contributed by atoms with Crippen molar-refractivity contribution in [2.24, 2.45) is 0 Å². The zero-order chi connectivity index (χ0) is 19.7. The van der Waals surface area contributed by atoms with Crippen LogP contribution in [0.15, 0.2) is 49.1 Å². The maximum atomic E-state index is 12.0. The third-order valence-corrected chi connectivity index (χ3v) is 6.83. The van der Waals surface area contributed by atoms with Crippen molar-refractivity contribution >= 4 is 73.5 Å². The Kier molecular flexibility index (Phi) is 5.54. The van der Waals surface area contributed by atoms with Crippen molar-refractivity contribution in [2.75, 3.05) is 0 Å². The normalized spacial score (nSPS) is 11.3. The van der Waals surface area contributed by atoms with Gasteiger partial charge in [-0.25, -0.2) is 4.79 Å². The second-order valence-corrected chi connectivity index (χ2v) is 9.72. The lowest BCUT2D eigenvalue weighted by molar-refractivity contribution is -0.142. The van der Waals surface area contributed by atoms with Gasteiger partial charge in [-0.05, 0) is 47.7 Å². The average Bonchev–Trinajstić information content (AvgIpc) is 3.23. The third kappa shape index (κ3) is 4.00. The lowest BCUT2D eigenvalue weighted by Gasteiger charge is -2.18. The summed E-state index contributed by atoms with van der Waals surface area (Å²) in [5, 5.41) is 0. The molecule has 0 amide bonds. The van der Waals surface area contributed by atoms with Crippen LogP contribution in [0, 0.1) is 7.91 Å². The lowest BCUT2D eigenvalue weighted by atomic mass is 9.99. The summed E-state index contributed by atoms with van der Waals surface area (Å²) in [6.07, 6.45) is 2.00. The van der Waals surface area contributed by atoms with E-state index < -0.39 is 5.97 Å². The molecule has 4 rings (SSSR count). The van der Waals surface area contributed by atoms with Gasteiger partial charge in [-0.15, -0.1) is 22.7 Å². The van der Waals surface area contributed by atoms with Crippen molar-refractivity contribution in [1.29, 1.82) is 0 Å². The molecule has 2 aromatic carbocycles. The van der Waals surface area contributed by atoms with Gasteiger partial charge in [0.05, 0.1) is 20.4 Å². The molecular formula is C20H16N2O2S4. The highest BCUT2D eigenvalue weighted by Gasteiger charge is 2.18. The Morgan fingerprint density at radius 3 is 1.96 bits per heavy atom. The van der Waals surface area contributed by atoms with E-state index in [1.165, 1.54) is 6.08 Å². The number of aromatic amines is 2. The topological polar surface area (TPSA) is 57.9 Å². The maximum absolute atomic E-state index is 12.0. The first-order chi connectivity index (χ1) is 13.5. The fraction of sp³-hybridized carbons (Fsp3) is 0.150. The molecule has 0 bridgehead atoms. The van der Waals surface area contributed by atoms with Gasteiger partial charge >= 0.3 is 5.97 Å². The van der Waals surface area contributed by atoms with E-state index in [1.54, 1.807) is 22.7 Å². The Bertz CT molecular complexity index is 1200. The van der Waals surface area contributed by atoms with Crippen LogP contribution in [-0.2, 0) is 22.4 Å². The number of ether oxygens (including phenoxy) is 1. The van der Waals surface area contributed by atoms with E-state index >= 15 is 0 Å². The molecule has 0 aliphatic carbocycles. The van der Waals surface area contributed by atoms with Crippen LogP contribution in [0.4, 0.5) is 0 Å². The summed E-state index contributed by atoms with van der Waals surface area (Å²) in [6, 6.07) is 12.1. The van der Waals surface area contributed by atoms with Crippen molar-refractivity contribution < 1.29 is 9.53 Å². The minimum Gasteiger partial charge on any atom is -0.459 e. The van der Waals surface area contributed by atoms with Gasteiger partial charge in [0.1, 0.15) is 6.10 Å². The van der Waals surface area contributed by atoms with Crippen LogP contribution in [0.3, 0.4) is 0 Å². The summed E-state index contributed by atoms with van der Waals surface area (Å²) in [4.78, 5) is 18.5. The maximum Gasteiger partial charge on any atom is 0.330 e. The van der Waals surface area contributed by atoms with E-state index in [9.17, 15) is 4.79 Å². The average molecular weight is 445 g/mol. The van der Waals surface area contributed by atoms with Crippen LogP contribution in [0.2, 0.25) is 0 Å². The molecule has 0 spiro atoms. The number of rotatable bonds is 6. The molecule has 0 unspecified atom stereocenters. The minimum absolute atomic E-state index is 0.342. The van der Waals surface area contributed by atoms with Crippen molar-refractivity contribution in [3.05, 3.63) is 68.1 Å². The lowest BCUT2D eigenvalue weighted by Crippen LogP contribution is -2.22. The molecule has 4 nitrogen and oxygen atoms in total. The molecule has 2 heterocycles. The number of para-hydroxylation sites is 2. The number of hydrogen-bond acceptors (Lipinski definition) is 6. The number of thiazole rings is 2. The molecule has 4 aromatic rings. The second kappa shape index (κ2) is 8.08. The van der Waals surface area contributed by atoms with Crippen molar-refractivity contribution in [1.82, 2.24) is 9.97 Å². The Labute approximate surface area is 179 Å². The number of hydrogen-bond donors (Lipinski definition) is 2. The first-order valence-corrected chi connectivity index (χ1v) is 11.0. The van der Waals surface area contributed by atoms with Gasteiger partial charge in [0, 0.05) is 18.9 Å². The third-order valence-electron chi connectivity index (χ3n) is 4.43. The molecule has 0 saturated heterocycles. The standard InChI is InChI=1S/C20H16N2O2S4/c1-2-16(23)24-13(9-11-5-3-7-14-17(11)21-19(25)27-14)10-12-6-4-8-15-18(12)22-20(26)28-15/h2-8,13H,1,9-10H2,(H,21,25)(H,22,26). The highest BCUT2D eigenvalue weighted by Crippen LogP contribution is 2.27. The monoisotopic (exact) mass is 444 g/mol. The Morgan fingerprint density at radius 1 is 1.00 bits per heavy atom. The number of fused-ring (bicyclic) bond motifs is 2. The molecule has 0 radical (unpaired) electrons. The smallest absolute Gasteiger partial charge is 0.330 e. The second-order valence-electron chi connectivity index (χ2n) is 6.28. The van der Waals surface area contributed by atoms with E-state index in [-0.39, 0.29) is 6.10 Å². The number of benzene rings is 2. The van der Waals surface area contributed by atoms with Crippen molar-refractivity contribution in [3.8, 4) is 0 Å². The number of aromatic nitrogens is 2. The van der Waals surface area contributed by atoms with E-state index in [4.69, 9.17) is 29.2 Å². The molecule has 0 aliphatic heterocycles. The Morgan fingerprint density at radius 2 is 1.50 bits per heavy atom. The van der Waals surface area contributed by atoms with Gasteiger partial charge in [-0.3, -0.25) is 0 Å². The predicted octanol–water partition coefficient (Wildman–Crippen LogP) is 6.11. The van der Waals surface area contributed by atoms with Crippen LogP contribution in [-0.4, -0.2) is 22.0 Å². The van der Waals surface area contributed by atoms with Crippen LogP contribution in [0.25, 0.3) is 20.4 Å². The number of H-pyrrole nitrogens is 2. The summed E-state index contributed by atoms with van der Waals surface area (Å²) >= 11 is 13.7. The summed E-state index contributed by atoms with van der Waals surface area (Å²) in [5.41, 5.74) is 4.14. The molecule has 28 heavy (non-hydrogen) atoms. The fourth-order valence-corrected chi connectivity index (χ4v) is 5.57. The van der Waals surface area contributed by atoms with E-state index in [1.807, 2.05) is 36.4 Å². The molecule has 0 saturated carbocycles. The van der Waals surface area contributed by atoms with Crippen LogP contribution >= 0.6 is 47.1 Å².